The molecule has 0 aliphatic carbocycles. The van der Waals surface area contributed by atoms with E-state index in [0.29, 0.717) is 0 Å². The molecule has 35 heavy (non-hydrogen) atoms. The summed E-state index contributed by atoms with van der Waals surface area (Å²) >= 11 is 0. The van der Waals surface area contributed by atoms with Crippen molar-refractivity contribution in [2.45, 2.75) is 50.5 Å². The van der Waals surface area contributed by atoms with Crippen LogP contribution < -0.4 is 5.43 Å². The second-order valence-corrected chi connectivity index (χ2v) is 9.89. The Bertz CT molecular complexity index is 1070. The van der Waals surface area contributed by atoms with E-state index in [2.05, 4.69) is 5.43 Å². The number of aliphatic hydroxyl groups is 1. The third-order valence-corrected chi connectivity index (χ3v) is 6.30. The van der Waals surface area contributed by atoms with Gasteiger partial charge in [-0.3, -0.25) is 19.9 Å². The predicted octanol–water partition coefficient (Wildman–Crippen LogP) is 2.84. The van der Waals surface area contributed by atoms with Crippen LogP contribution in [-0.2, 0) is 14.3 Å². The molecule has 4 atom stereocenters. The number of fused-ring (bicyclic) bond motifs is 1. The maximum absolute atomic E-state index is 13.1. The summed E-state index contributed by atoms with van der Waals surface area (Å²) in [4.78, 5) is 39.6. The van der Waals surface area contributed by atoms with Gasteiger partial charge in [0.15, 0.2) is 0 Å². The average molecular weight is 478 g/mol. The van der Waals surface area contributed by atoms with Gasteiger partial charge in [-0.1, -0.05) is 72.8 Å². The molecule has 2 heterocycles. The van der Waals surface area contributed by atoms with Gasteiger partial charge in [0.05, 0.1) is 18.1 Å². The van der Waals surface area contributed by atoms with Gasteiger partial charge in [0, 0.05) is 13.0 Å². The molecule has 1 fully saturated rings. The zero-order valence-corrected chi connectivity index (χ0v) is 20.3. The van der Waals surface area contributed by atoms with Crippen LogP contribution in [0, 0.1) is 5.92 Å². The van der Waals surface area contributed by atoms with Crippen LogP contribution in [0.4, 0.5) is 4.79 Å². The Kier molecular flexibility index (Phi) is 6.78. The van der Waals surface area contributed by atoms with Crippen LogP contribution in [-0.4, -0.2) is 63.8 Å². The monoisotopic (exact) mass is 477 g/mol. The number of carbonyl (C=O) groups is 3. The van der Waals surface area contributed by atoms with Crippen molar-refractivity contribution in [3.05, 3.63) is 83.9 Å². The van der Waals surface area contributed by atoms with E-state index < -0.39 is 47.6 Å². The van der Waals surface area contributed by atoms with Crippen molar-refractivity contribution in [2.24, 2.45) is 5.92 Å². The van der Waals surface area contributed by atoms with Gasteiger partial charge in [-0.25, -0.2) is 4.79 Å². The van der Waals surface area contributed by atoms with Crippen molar-refractivity contribution in [3.8, 4) is 0 Å². The van der Waals surface area contributed by atoms with Crippen LogP contribution in [0.5, 0.6) is 0 Å². The zero-order valence-electron chi connectivity index (χ0n) is 20.3. The van der Waals surface area contributed by atoms with E-state index in [1.165, 1.54) is 12.1 Å². The fraction of sp³-hybridized carbons (Fsp3) is 0.370. The standard InChI is InChI=1S/C27H31N3O5/c1-27(2,3)35-26(34)28-30-20(16-15-19-22(30)25(33)29(4)24(19)32)23(31)21(17-11-7-5-8-12-17)18-13-9-6-10-14-18/h5-16,19-23,31H,1-4H3,(H,28,34). The van der Waals surface area contributed by atoms with Gasteiger partial charge in [0.2, 0.25) is 11.8 Å². The summed E-state index contributed by atoms with van der Waals surface area (Å²) in [7, 11) is 1.42. The molecule has 2 aromatic carbocycles. The van der Waals surface area contributed by atoms with Crippen LogP contribution >= 0.6 is 0 Å². The summed E-state index contributed by atoms with van der Waals surface area (Å²) in [6.45, 7) is 5.20. The number of likely N-dealkylation sites (N-methyl/N-ethyl adjacent to an activating group) is 1. The lowest BCUT2D eigenvalue weighted by Gasteiger charge is -2.42. The molecule has 0 saturated carbocycles. The van der Waals surface area contributed by atoms with Crippen LogP contribution in [0.15, 0.2) is 72.8 Å². The molecule has 0 bridgehead atoms. The molecule has 0 radical (unpaired) electrons. The molecule has 0 aromatic heterocycles. The number of nitrogens with zero attached hydrogens (tertiary/aromatic N) is 2. The number of amides is 3. The summed E-state index contributed by atoms with van der Waals surface area (Å²) in [6, 6.07) is 17.3. The Hall–Kier alpha value is -3.49. The minimum atomic E-state index is -1.07. The summed E-state index contributed by atoms with van der Waals surface area (Å²) in [5, 5.41) is 13.2. The molecule has 2 aromatic rings. The first-order valence-electron chi connectivity index (χ1n) is 11.6. The van der Waals surface area contributed by atoms with Crippen LogP contribution in [0.1, 0.15) is 37.8 Å². The van der Waals surface area contributed by atoms with Crippen molar-refractivity contribution in [3.63, 3.8) is 0 Å². The number of carbonyl (C=O) groups excluding carboxylic acids is 3. The number of aliphatic hydroxyl groups excluding tert-OH is 1. The highest BCUT2D eigenvalue weighted by molar-refractivity contribution is 6.08. The number of likely N-dealkylation sites (tertiary alicyclic amines) is 1. The highest BCUT2D eigenvalue weighted by Gasteiger charge is 2.53. The van der Waals surface area contributed by atoms with Crippen LogP contribution in [0.2, 0.25) is 0 Å². The highest BCUT2D eigenvalue weighted by Crippen LogP contribution is 2.36. The molecule has 2 N–H and O–H groups in total. The average Bonchev–Trinajstić information content (AvgIpc) is 3.04. The third-order valence-electron chi connectivity index (χ3n) is 6.30. The molecule has 4 unspecified atom stereocenters. The summed E-state index contributed by atoms with van der Waals surface area (Å²) < 4.78 is 5.43. The summed E-state index contributed by atoms with van der Waals surface area (Å²) in [5.74, 6) is -2.04. The lowest BCUT2D eigenvalue weighted by atomic mass is 9.81. The zero-order chi connectivity index (χ0) is 25.3. The Morgan fingerprint density at radius 1 is 0.943 bits per heavy atom. The molecule has 2 aliphatic heterocycles. The molecule has 0 spiro atoms. The first-order chi connectivity index (χ1) is 16.6. The maximum Gasteiger partial charge on any atom is 0.422 e. The fourth-order valence-electron chi connectivity index (χ4n) is 4.74. The Balaban J connectivity index is 1.75. The SMILES string of the molecule is CN1C(=O)C2C=CC(C(O)C(c3ccccc3)c3ccccc3)N(NC(=O)OC(C)(C)C)C2C1=O. The number of hydrogen-bond acceptors (Lipinski definition) is 6. The normalized spacial score (nSPS) is 23.4. The van der Waals surface area contributed by atoms with Crippen LogP contribution in [0.3, 0.4) is 0 Å². The number of imide groups is 1. The summed E-state index contributed by atoms with van der Waals surface area (Å²) in [6.07, 6.45) is 1.50. The number of hydrazine groups is 1. The molecule has 8 nitrogen and oxygen atoms in total. The van der Waals surface area contributed by atoms with Gasteiger partial charge < -0.3 is 9.84 Å². The van der Waals surface area contributed by atoms with Gasteiger partial charge in [-0.05, 0) is 31.9 Å². The number of hydrogen-bond donors (Lipinski definition) is 2. The van der Waals surface area contributed by atoms with Gasteiger partial charge in [0.25, 0.3) is 0 Å². The first kappa shape index (κ1) is 24.6. The van der Waals surface area contributed by atoms with Gasteiger partial charge in [0.1, 0.15) is 11.6 Å². The topological polar surface area (TPSA) is 99.2 Å². The highest BCUT2D eigenvalue weighted by atomic mass is 16.6. The molecule has 8 heteroatoms. The Morgan fingerprint density at radius 3 is 2.00 bits per heavy atom. The molecule has 4 rings (SSSR count). The van der Waals surface area contributed by atoms with E-state index in [0.717, 1.165) is 16.0 Å². The lowest BCUT2D eigenvalue weighted by Crippen LogP contribution is -2.63. The van der Waals surface area contributed by atoms with Gasteiger partial charge in [-0.2, -0.15) is 5.01 Å². The van der Waals surface area contributed by atoms with E-state index in [1.54, 1.807) is 32.9 Å². The van der Waals surface area contributed by atoms with Crippen molar-refractivity contribution in [2.75, 3.05) is 7.05 Å². The Morgan fingerprint density at radius 2 is 1.49 bits per heavy atom. The van der Waals surface area contributed by atoms with Gasteiger partial charge >= 0.3 is 6.09 Å². The largest absolute Gasteiger partial charge is 0.443 e. The summed E-state index contributed by atoms with van der Waals surface area (Å²) in [5.41, 5.74) is 3.66. The molecule has 3 amide bonds. The minimum Gasteiger partial charge on any atom is -0.443 e. The second kappa shape index (κ2) is 9.64. The molecular weight excluding hydrogens is 446 g/mol. The van der Waals surface area contributed by atoms with Crippen molar-refractivity contribution in [1.82, 2.24) is 15.3 Å². The second-order valence-electron chi connectivity index (χ2n) is 9.89. The van der Waals surface area contributed by atoms with Crippen molar-refractivity contribution >= 4 is 17.9 Å². The first-order valence-corrected chi connectivity index (χ1v) is 11.6. The number of nitrogens with one attached hydrogen (secondary N) is 1. The van der Waals surface area contributed by atoms with E-state index >= 15 is 0 Å². The van der Waals surface area contributed by atoms with Crippen molar-refractivity contribution < 1.29 is 24.2 Å². The maximum atomic E-state index is 13.1. The van der Waals surface area contributed by atoms with Crippen molar-refractivity contribution in [1.29, 1.82) is 0 Å². The minimum absolute atomic E-state index is 0.358. The number of rotatable bonds is 5. The van der Waals surface area contributed by atoms with Crippen LogP contribution in [0.25, 0.3) is 0 Å². The quantitative estimate of drug-likeness (QED) is 0.508. The number of ether oxygens (including phenoxy) is 1. The molecule has 1 saturated heterocycles. The van der Waals surface area contributed by atoms with E-state index in [9.17, 15) is 19.5 Å². The molecular formula is C27H31N3O5. The van der Waals surface area contributed by atoms with E-state index in [1.807, 2.05) is 60.7 Å². The fourth-order valence-corrected chi connectivity index (χ4v) is 4.74. The van der Waals surface area contributed by atoms with E-state index in [-0.39, 0.29) is 5.91 Å². The van der Waals surface area contributed by atoms with Gasteiger partial charge in [-0.15, -0.1) is 0 Å². The Labute approximate surface area is 205 Å². The lowest BCUT2D eigenvalue weighted by molar-refractivity contribution is -0.139. The molecule has 2 aliphatic rings. The number of benzene rings is 2. The third kappa shape index (κ3) is 4.99. The predicted molar refractivity (Wildman–Crippen MR) is 130 cm³/mol. The molecule has 184 valence electrons. The van der Waals surface area contributed by atoms with E-state index in [4.69, 9.17) is 4.74 Å². The smallest absolute Gasteiger partial charge is 0.422 e.